The molecular weight excluding hydrogens is 364 g/mol. The van der Waals surface area contributed by atoms with Crippen molar-refractivity contribution in [1.29, 1.82) is 0 Å². The highest BCUT2D eigenvalue weighted by atomic mass is 16.6. The van der Waals surface area contributed by atoms with Crippen LogP contribution in [0.5, 0.6) is 0 Å². The van der Waals surface area contributed by atoms with Crippen LogP contribution in [0.1, 0.15) is 47.6 Å². The average molecular weight is 390 g/mol. The van der Waals surface area contributed by atoms with Gasteiger partial charge < -0.3 is 14.8 Å². The number of amidine groups is 1. The van der Waals surface area contributed by atoms with Crippen LogP contribution in [0, 0.1) is 0 Å². The molecule has 1 unspecified atom stereocenters. The molecule has 0 fully saturated rings. The minimum absolute atomic E-state index is 0.218. The summed E-state index contributed by atoms with van der Waals surface area (Å²) in [6.45, 7) is 2.33. The zero-order valence-corrected chi connectivity index (χ0v) is 16.8. The quantitative estimate of drug-likeness (QED) is 0.804. The third-order valence-electron chi connectivity index (χ3n) is 6.27. The van der Waals surface area contributed by atoms with E-state index in [2.05, 4.69) is 16.4 Å². The number of rotatable bonds is 4. The fourth-order valence-electron chi connectivity index (χ4n) is 4.88. The summed E-state index contributed by atoms with van der Waals surface area (Å²) in [5, 5.41) is 3.48. The summed E-state index contributed by atoms with van der Waals surface area (Å²) in [5.74, 6) is -0.393. The molecule has 0 saturated carbocycles. The van der Waals surface area contributed by atoms with Crippen LogP contribution in [0.3, 0.4) is 0 Å². The Balaban J connectivity index is 1.47. The van der Waals surface area contributed by atoms with Crippen LogP contribution in [0.2, 0.25) is 0 Å². The van der Waals surface area contributed by atoms with Crippen molar-refractivity contribution in [3.63, 3.8) is 0 Å². The molecule has 2 aromatic carbocycles. The number of ether oxygens (including phenoxy) is 2. The Morgan fingerprint density at radius 2 is 1.79 bits per heavy atom. The monoisotopic (exact) mass is 390 g/mol. The number of nitrogens with one attached hydrogen (secondary N) is 1. The molecule has 29 heavy (non-hydrogen) atoms. The van der Waals surface area contributed by atoms with Crippen molar-refractivity contribution in [2.75, 3.05) is 18.5 Å². The van der Waals surface area contributed by atoms with E-state index < -0.39 is 11.6 Å². The van der Waals surface area contributed by atoms with Crippen LogP contribution in [-0.4, -0.2) is 25.1 Å². The third kappa shape index (κ3) is 3.00. The normalized spacial score (nSPS) is 21.9. The molecule has 150 valence electrons. The minimum Gasteiger partial charge on any atom is -0.463 e. The van der Waals surface area contributed by atoms with Crippen molar-refractivity contribution in [1.82, 2.24) is 0 Å². The van der Waals surface area contributed by atoms with Gasteiger partial charge in [0.15, 0.2) is 0 Å². The van der Waals surface area contributed by atoms with Gasteiger partial charge >= 0.3 is 5.97 Å². The lowest BCUT2D eigenvalue weighted by Crippen LogP contribution is -2.41. The number of benzene rings is 2. The molecule has 1 atom stereocenters. The molecule has 3 aliphatic rings. The predicted octanol–water partition coefficient (Wildman–Crippen LogP) is 3.92. The standard InChI is InChI=1S/C24H26N2O3/c1-2-28-22(27)24(18-10-4-3-5-11-18)15-25-23(29-24)26-21-19-12-6-8-16(19)14-17-9-7-13-20(17)21/h3-5,10-11,14H,2,6-9,12-13,15H2,1H3,(H,25,26). The number of hydrogen-bond acceptors (Lipinski definition) is 5. The second-order valence-electron chi connectivity index (χ2n) is 8.00. The van der Waals surface area contributed by atoms with Crippen LogP contribution in [0.15, 0.2) is 41.4 Å². The molecule has 5 heteroatoms. The van der Waals surface area contributed by atoms with Crippen molar-refractivity contribution in [3.05, 3.63) is 64.2 Å². The maximum Gasteiger partial charge on any atom is 0.357 e. The minimum atomic E-state index is -1.22. The number of aryl methyl sites for hydroxylation is 2. The van der Waals surface area contributed by atoms with Gasteiger partial charge in [0.05, 0.1) is 13.2 Å². The number of carbonyl (C=O) groups is 1. The fourth-order valence-corrected chi connectivity index (χ4v) is 4.88. The summed E-state index contributed by atoms with van der Waals surface area (Å²) < 4.78 is 11.6. The molecule has 0 aromatic heterocycles. The van der Waals surface area contributed by atoms with E-state index in [4.69, 9.17) is 9.47 Å². The lowest BCUT2D eigenvalue weighted by Gasteiger charge is -2.27. The second-order valence-corrected chi connectivity index (χ2v) is 8.00. The van der Waals surface area contributed by atoms with Crippen LogP contribution in [0.25, 0.3) is 0 Å². The smallest absolute Gasteiger partial charge is 0.357 e. The molecule has 0 spiro atoms. The number of aliphatic imine (C=N–C) groups is 1. The van der Waals surface area contributed by atoms with E-state index in [-0.39, 0.29) is 6.54 Å². The van der Waals surface area contributed by atoms with Crippen LogP contribution < -0.4 is 5.32 Å². The number of esters is 1. The summed E-state index contributed by atoms with van der Waals surface area (Å²) in [7, 11) is 0. The summed E-state index contributed by atoms with van der Waals surface area (Å²) in [6, 6.07) is 12.3. The van der Waals surface area contributed by atoms with E-state index in [1.54, 1.807) is 0 Å². The van der Waals surface area contributed by atoms with Crippen molar-refractivity contribution in [2.45, 2.75) is 51.0 Å². The number of nitrogens with zero attached hydrogens (tertiary/aromatic N) is 1. The molecule has 2 aliphatic carbocycles. The molecule has 0 bridgehead atoms. The Kier molecular flexibility index (Phi) is 4.53. The molecule has 1 heterocycles. The third-order valence-corrected chi connectivity index (χ3v) is 6.27. The number of fused-ring (bicyclic) bond motifs is 2. The first-order valence-electron chi connectivity index (χ1n) is 10.6. The van der Waals surface area contributed by atoms with Gasteiger partial charge in [0, 0.05) is 11.3 Å². The molecular formula is C24H26N2O3. The van der Waals surface area contributed by atoms with Gasteiger partial charge in [0.25, 0.3) is 11.6 Å². The Bertz CT molecular complexity index is 951. The fraction of sp³-hybridized carbons (Fsp3) is 0.417. The molecule has 5 rings (SSSR count). The molecule has 0 saturated heterocycles. The highest BCUT2D eigenvalue weighted by molar-refractivity contribution is 5.97. The van der Waals surface area contributed by atoms with Gasteiger partial charge in [-0.15, -0.1) is 0 Å². The Hall–Kier alpha value is -2.82. The van der Waals surface area contributed by atoms with Gasteiger partial charge in [-0.3, -0.25) is 0 Å². The Morgan fingerprint density at radius 1 is 1.10 bits per heavy atom. The second kappa shape index (κ2) is 7.21. The summed E-state index contributed by atoms with van der Waals surface area (Å²) >= 11 is 0. The van der Waals surface area contributed by atoms with Gasteiger partial charge in [-0.05, 0) is 67.7 Å². The van der Waals surface area contributed by atoms with Gasteiger partial charge in [-0.2, -0.15) is 0 Å². The predicted molar refractivity (Wildman–Crippen MR) is 112 cm³/mol. The number of carbonyl (C=O) groups excluding carboxylic acids is 1. The van der Waals surface area contributed by atoms with E-state index in [0.717, 1.165) is 31.2 Å². The van der Waals surface area contributed by atoms with E-state index in [1.807, 2.05) is 37.3 Å². The van der Waals surface area contributed by atoms with Gasteiger partial charge in [-0.1, -0.05) is 36.4 Å². The van der Waals surface area contributed by atoms with Crippen molar-refractivity contribution < 1.29 is 14.3 Å². The summed E-state index contributed by atoms with van der Waals surface area (Å²) in [6.07, 6.45) is 6.83. The van der Waals surface area contributed by atoms with Gasteiger partial charge in [0.2, 0.25) is 0 Å². The highest BCUT2D eigenvalue weighted by Crippen LogP contribution is 2.40. The van der Waals surface area contributed by atoms with Crippen molar-refractivity contribution in [3.8, 4) is 0 Å². The first-order valence-corrected chi connectivity index (χ1v) is 10.6. The zero-order valence-electron chi connectivity index (χ0n) is 16.8. The highest BCUT2D eigenvalue weighted by Gasteiger charge is 2.49. The molecule has 1 N–H and O–H groups in total. The van der Waals surface area contributed by atoms with Crippen molar-refractivity contribution >= 4 is 17.7 Å². The maximum absolute atomic E-state index is 12.9. The number of hydrogen-bond donors (Lipinski definition) is 1. The Morgan fingerprint density at radius 3 is 2.45 bits per heavy atom. The Labute approximate surface area is 171 Å². The largest absolute Gasteiger partial charge is 0.463 e. The van der Waals surface area contributed by atoms with Crippen LogP contribution in [0.4, 0.5) is 5.69 Å². The van der Waals surface area contributed by atoms with E-state index in [0.29, 0.717) is 12.6 Å². The van der Waals surface area contributed by atoms with Crippen LogP contribution >= 0.6 is 0 Å². The van der Waals surface area contributed by atoms with Gasteiger partial charge in [0.1, 0.15) is 0 Å². The molecule has 1 aliphatic heterocycles. The van der Waals surface area contributed by atoms with E-state index in [9.17, 15) is 4.79 Å². The lowest BCUT2D eigenvalue weighted by atomic mass is 9.94. The van der Waals surface area contributed by atoms with Gasteiger partial charge in [-0.25, -0.2) is 9.79 Å². The maximum atomic E-state index is 12.9. The summed E-state index contributed by atoms with van der Waals surface area (Å²) in [4.78, 5) is 17.5. The molecule has 0 amide bonds. The molecule has 5 nitrogen and oxygen atoms in total. The van der Waals surface area contributed by atoms with E-state index in [1.165, 1.54) is 40.8 Å². The first kappa shape index (κ1) is 18.2. The zero-order chi connectivity index (χ0) is 19.8. The van der Waals surface area contributed by atoms with Crippen LogP contribution in [-0.2, 0) is 45.6 Å². The topological polar surface area (TPSA) is 59.9 Å². The van der Waals surface area contributed by atoms with E-state index >= 15 is 0 Å². The average Bonchev–Trinajstić information content (AvgIpc) is 3.48. The molecule has 0 radical (unpaired) electrons. The lowest BCUT2D eigenvalue weighted by molar-refractivity contribution is -0.161. The summed E-state index contributed by atoms with van der Waals surface area (Å²) in [5.41, 5.74) is 6.40. The first-order chi connectivity index (χ1) is 14.2. The van der Waals surface area contributed by atoms with Crippen molar-refractivity contribution in [2.24, 2.45) is 4.99 Å². The SMILES string of the molecule is CCOC(=O)C1(c2ccccc2)CN=C(Nc2c3c(cc4c2CCC4)CCC3)O1. The molecule has 2 aromatic rings. The number of anilines is 1.